The molecule has 1 aromatic heterocycles. The van der Waals surface area contributed by atoms with Crippen molar-refractivity contribution in [2.75, 3.05) is 5.75 Å². The van der Waals surface area contributed by atoms with E-state index in [-0.39, 0.29) is 64.1 Å². The number of carboxylic acids is 1. The molecule has 31 heavy (non-hydrogen) atoms. The number of carbonyl (C=O) groups excluding carboxylic acids is 3. The Bertz CT molecular complexity index is 1110. The Kier molecular flexibility index (Phi) is 7.65. The standard InChI is InChI=1S/C19H16N4O5S2.Na/c24-12-6-7-20-19(22-12)30-11-9-29-17-14(16(26)23(17)15(11)18(27)28)21-13(25)8-10-4-2-1-3-5-10;/h1-7,14,17H,8-9H2,(H,21,25)(H,27,28)(H,20,22,24);/q;+1/p-1/t14?,17-;/m1./s1. The van der Waals surface area contributed by atoms with Crippen LogP contribution in [-0.2, 0) is 20.8 Å². The van der Waals surface area contributed by atoms with E-state index in [0.29, 0.717) is 4.91 Å². The number of nitrogens with zero attached hydrogens (tertiary/aromatic N) is 2. The Morgan fingerprint density at radius 1 is 1.26 bits per heavy atom. The summed E-state index contributed by atoms with van der Waals surface area (Å²) in [7, 11) is 0. The smallest absolute Gasteiger partial charge is 0.543 e. The zero-order valence-corrected chi connectivity index (χ0v) is 20.0. The van der Waals surface area contributed by atoms with Crippen molar-refractivity contribution < 1.29 is 49.0 Å². The van der Waals surface area contributed by atoms with Crippen LogP contribution in [0.15, 0.2) is 63.1 Å². The zero-order chi connectivity index (χ0) is 21.3. The third-order valence-corrected chi connectivity index (χ3v) is 6.97. The average molecular weight is 466 g/mol. The number of amides is 2. The van der Waals surface area contributed by atoms with Crippen molar-refractivity contribution >= 4 is 41.3 Å². The molecule has 4 rings (SSSR count). The SMILES string of the molecule is O=C(Cc1ccccc1)NC1C(=O)N2C(C(=O)[O-])=C(Sc3nccc(=O)[nH]3)CS[C@H]12.[Na+]. The van der Waals surface area contributed by atoms with E-state index in [1.165, 1.54) is 24.0 Å². The number of carbonyl (C=O) groups is 3. The Morgan fingerprint density at radius 2 is 2.00 bits per heavy atom. The van der Waals surface area contributed by atoms with E-state index < -0.39 is 23.3 Å². The van der Waals surface area contributed by atoms with E-state index in [1.807, 2.05) is 30.3 Å². The molecule has 2 aromatic rings. The van der Waals surface area contributed by atoms with Gasteiger partial charge in [0.25, 0.3) is 11.5 Å². The second-order valence-electron chi connectivity index (χ2n) is 6.52. The van der Waals surface area contributed by atoms with Crippen LogP contribution < -0.4 is 45.5 Å². The minimum absolute atomic E-state index is 0. The van der Waals surface area contributed by atoms with Gasteiger partial charge in [-0.1, -0.05) is 42.1 Å². The summed E-state index contributed by atoms with van der Waals surface area (Å²) in [6.45, 7) is 0. The van der Waals surface area contributed by atoms with E-state index in [0.717, 1.165) is 22.2 Å². The van der Waals surface area contributed by atoms with Gasteiger partial charge in [-0.05, 0) is 5.56 Å². The number of H-pyrrole nitrogens is 1. The molecule has 9 nitrogen and oxygen atoms in total. The van der Waals surface area contributed by atoms with Crippen LogP contribution in [0.4, 0.5) is 0 Å². The van der Waals surface area contributed by atoms with Gasteiger partial charge in [0.1, 0.15) is 11.4 Å². The number of aromatic nitrogens is 2. The zero-order valence-electron chi connectivity index (χ0n) is 16.4. The van der Waals surface area contributed by atoms with Crippen molar-refractivity contribution in [1.29, 1.82) is 0 Å². The molecule has 2 aliphatic rings. The van der Waals surface area contributed by atoms with E-state index >= 15 is 0 Å². The number of rotatable bonds is 6. The second kappa shape index (κ2) is 10.0. The van der Waals surface area contributed by atoms with Gasteiger partial charge in [0, 0.05) is 22.9 Å². The van der Waals surface area contributed by atoms with Gasteiger partial charge in [0.15, 0.2) is 5.16 Å². The summed E-state index contributed by atoms with van der Waals surface area (Å²) >= 11 is 2.29. The summed E-state index contributed by atoms with van der Waals surface area (Å²) in [6, 6.07) is 9.55. The predicted octanol–water partition coefficient (Wildman–Crippen LogP) is -3.53. The van der Waals surface area contributed by atoms with Crippen LogP contribution in [0.5, 0.6) is 0 Å². The average Bonchev–Trinajstić information content (AvgIpc) is 2.72. The van der Waals surface area contributed by atoms with Gasteiger partial charge in [-0.15, -0.1) is 11.8 Å². The van der Waals surface area contributed by atoms with E-state index in [9.17, 15) is 24.3 Å². The van der Waals surface area contributed by atoms with Crippen LogP contribution in [0, 0.1) is 0 Å². The van der Waals surface area contributed by atoms with Crippen molar-refractivity contribution in [2.24, 2.45) is 0 Å². The number of fused-ring (bicyclic) bond motifs is 1. The van der Waals surface area contributed by atoms with Gasteiger partial charge in [-0.3, -0.25) is 19.3 Å². The monoisotopic (exact) mass is 466 g/mol. The molecule has 1 saturated heterocycles. The van der Waals surface area contributed by atoms with Gasteiger partial charge in [-0.25, -0.2) is 4.98 Å². The summed E-state index contributed by atoms with van der Waals surface area (Å²) < 4.78 is 0. The van der Waals surface area contributed by atoms with Gasteiger partial charge >= 0.3 is 29.6 Å². The molecule has 2 amide bonds. The predicted molar refractivity (Wildman–Crippen MR) is 108 cm³/mol. The Morgan fingerprint density at radius 3 is 2.68 bits per heavy atom. The Labute approximate surface area is 207 Å². The van der Waals surface area contributed by atoms with Crippen molar-refractivity contribution in [3.8, 4) is 0 Å². The number of β-lactam (4-membered cyclic amide) rings is 1. The largest absolute Gasteiger partial charge is 1.00 e. The molecule has 0 spiro atoms. The molecule has 1 unspecified atom stereocenters. The Balaban J connectivity index is 0.00000272. The van der Waals surface area contributed by atoms with Crippen molar-refractivity contribution in [2.45, 2.75) is 23.0 Å². The van der Waals surface area contributed by atoms with E-state index in [2.05, 4.69) is 15.3 Å². The summed E-state index contributed by atoms with van der Waals surface area (Å²) in [4.78, 5) is 56.1. The molecule has 0 saturated carbocycles. The third-order valence-electron chi connectivity index (χ3n) is 4.52. The fourth-order valence-corrected chi connectivity index (χ4v) is 5.60. The van der Waals surface area contributed by atoms with Crippen LogP contribution in [0.25, 0.3) is 0 Å². The first-order valence-corrected chi connectivity index (χ1v) is 10.8. The fraction of sp³-hybridized carbons (Fsp3) is 0.211. The van der Waals surface area contributed by atoms with Gasteiger partial charge in [0.05, 0.1) is 18.1 Å². The van der Waals surface area contributed by atoms with Crippen molar-refractivity contribution in [3.05, 3.63) is 69.1 Å². The van der Waals surface area contributed by atoms with Crippen molar-refractivity contribution in [1.82, 2.24) is 20.2 Å². The molecule has 2 aliphatic heterocycles. The van der Waals surface area contributed by atoms with Crippen LogP contribution in [0.3, 0.4) is 0 Å². The molecule has 3 heterocycles. The molecule has 1 aromatic carbocycles. The number of aliphatic carboxylic acids is 1. The minimum Gasteiger partial charge on any atom is -0.543 e. The molecule has 0 aliphatic carbocycles. The molecule has 0 radical (unpaired) electrons. The molecular weight excluding hydrogens is 451 g/mol. The summed E-state index contributed by atoms with van der Waals surface area (Å²) in [5.74, 6) is -2.06. The molecule has 0 bridgehead atoms. The van der Waals surface area contributed by atoms with Crippen LogP contribution >= 0.6 is 23.5 Å². The first-order valence-electron chi connectivity index (χ1n) is 8.89. The molecule has 1 fully saturated rings. The molecular formula is C19H15N4NaO5S2. The van der Waals surface area contributed by atoms with Crippen LogP contribution in [0.2, 0.25) is 0 Å². The molecule has 2 atom stereocenters. The maximum atomic E-state index is 12.6. The molecule has 12 heteroatoms. The number of hydrogen-bond acceptors (Lipinski definition) is 8. The van der Waals surface area contributed by atoms with E-state index in [1.54, 1.807) is 0 Å². The first-order chi connectivity index (χ1) is 14.4. The summed E-state index contributed by atoms with van der Waals surface area (Å²) in [5.41, 5.74) is 0.188. The summed E-state index contributed by atoms with van der Waals surface area (Å²) in [6.07, 6.45) is 1.44. The maximum absolute atomic E-state index is 12.6. The number of nitrogens with one attached hydrogen (secondary N) is 2. The first kappa shape index (κ1) is 23.6. The normalized spacial score (nSPS) is 19.7. The summed E-state index contributed by atoms with van der Waals surface area (Å²) in [5, 5.41) is 14.1. The minimum atomic E-state index is -1.50. The van der Waals surface area contributed by atoms with Gasteiger partial charge in [0.2, 0.25) is 5.91 Å². The van der Waals surface area contributed by atoms with Crippen molar-refractivity contribution in [3.63, 3.8) is 0 Å². The number of carboxylic acid groups (broad SMARTS) is 1. The van der Waals surface area contributed by atoms with Gasteiger partial charge in [-0.2, -0.15) is 0 Å². The van der Waals surface area contributed by atoms with Crippen LogP contribution in [0.1, 0.15) is 5.56 Å². The third kappa shape index (κ3) is 5.07. The maximum Gasteiger partial charge on any atom is 1.00 e. The molecule has 154 valence electrons. The fourth-order valence-electron chi connectivity index (χ4n) is 3.19. The Hall–Kier alpha value is -2.05. The van der Waals surface area contributed by atoms with E-state index in [4.69, 9.17) is 0 Å². The second-order valence-corrected chi connectivity index (χ2v) is 8.71. The number of thioether (sulfide) groups is 2. The topological polar surface area (TPSA) is 135 Å². The van der Waals surface area contributed by atoms with Crippen LogP contribution in [-0.4, -0.2) is 49.8 Å². The number of hydrogen-bond donors (Lipinski definition) is 2. The quantitative estimate of drug-likeness (QED) is 0.254. The van der Waals surface area contributed by atoms with Gasteiger partial charge < -0.3 is 20.2 Å². The number of benzene rings is 1. The molecule has 2 N–H and O–H groups in total. The number of aromatic amines is 1.